The van der Waals surface area contributed by atoms with Gasteiger partial charge in [0, 0.05) is 20.5 Å². The number of carbonyl (C=O) groups excluding carboxylic acids is 1. The summed E-state index contributed by atoms with van der Waals surface area (Å²) in [6, 6.07) is 8.94. The zero-order chi connectivity index (χ0) is 18.6. The van der Waals surface area contributed by atoms with Crippen molar-refractivity contribution in [2.75, 3.05) is 24.3 Å². The average Bonchev–Trinajstić information content (AvgIpc) is 2.53. The van der Waals surface area contributed by atoms with Crippen LogP contribution in [0.15, 0.2) is 42.5 Å². The van der Waals surface area contributed by atoms with Gasteiger partial charge in [0.15, 0.2) is 0 Å². The third kappa shape index (κ3) is 5.20. The fourth-order valence-electron chi connectivity index (χ4n) is 2.32. The molecule has 0 radical (unpaired) electrons. The summed E-state index contributed by atoms with van der Waals surface area (Å²) < 4.78 is 51.5. The summed E-state index contributed by atoms with van der Waals surface area (Å²) in [6.07, 6.45) is -4.05. The number of aryl methyl sites for hydroxylation is 1. The SMILES string of the molecule is CN(C)c1ccc(C(F)(F)F)cc1NC(=O)CCc1ccc(F)cc1. The largest absolute Gasteiger partial charge is 0.416 e. The van der Waals surface area contributed by atoms with Crippen molar-refractivity contribution < 1.29 is 22.4 Å². The first-order chi connectivity index (χ1) is 11.7. The van der Waals surface area contributed by atoms with E-state index in [-0.39, 0.29) is 17.9 Å². The van der Waals surface area contributed by atoms with Crippen molar-refractivity contribution in [2.24, 2.45) is 0 Å². The molecule has 0 aliphatic rings. The molecule has 2 aromatic rings. The van der Waals surface area contributed by atoms with E-state index < -0.39 is 17.6 Å². The molecule has 0 spiro atoms. The number of nitrogens with one attached hydrogen (secondary N) is 1. The van der Waals surface area contributed by atoms with E-state index in [2.05, 4.69) is 5.32 Å². The average molecular weight is 354 g/mol. The summed E-state index contributed by atoms with van der Waals surface area (Å²) in [5.41, 5.74) is 0.521. The van der Waals surface area contributed by atoms with Gasteiger partial charge < -0.3 is 10.2 Å². The van der Waals surface area contributed by atoms with Gasteiger partial charge in [0.25, 0.3) is 0 Å². The molecule has 134 valence electrons. The van der Waals surface area contributed by atoms with Crippen LogP contribution in [0.5, 0.6) is 0 Å². The van der Waals surface area contributed by atoms with Crippen molar-refractivity contribution in [3.8, 4) is 0 Å². The molecule has 1 amide bonds. The van der Waals surface area contributed by atoms with Gasteiger partial charge in [0.1, 0.15) is 5.82 Å². The Hall–Kier alpha value is -2.57. The number of halogens is 4. The predicted molar refractivity (Wildman–Crippen MR) is 89.1 cm³/mol. The van der Waals surface area contributed by atoms with Crippen LogP contribution in [0, 0.1) is 5.82 Å². The third-order valence-corrected chi connectivity index (χ3v) is 3.63. The molecule has 2 rings (SSSR count). The van der Waals surface area contributed by atoms with E-state index in [1.807, 2.05) is 0 Å². The first kappa shape index (κ1) is 18.8. The van der Waals surface area contributed by atoms with Crippen LogP contribution in [0.4, 0.5) is 28.9 Å². The Morgan fingerprint density at radius 2 is 1.72 bits per heavy atom. The molecule has 2 aromatic carbocycles. The summed E-state index contributed by atoms with van der Waals surface area (Å²) in [6.45, 7) is 0. The first-order valence-corrected chi connectivity index (χ1v) is 7.59. The van der Waals surface area contributed by atoms with Crippen LogP contribution < -0.4 is 10.2 Å². The molecule has 0 unspecified atom stereocenters. The summed E-state index contributed by atoms with van der Waals surface area (Å²) in [5, 5.41) is 2.53. The number of alkyl halides is 3. The molecule has 0 saturated heterocycles. The molecule has 25 heavy (non-hydrogen) atoms. The molecule has 0 bridgehead atoms. The lowest BCUT2D eigenvalue weighted by Gasteiger charge is -2.19. The number of nitrogens with zero attached hydrogens (tertiary/aromatic N) is 1. The molecule has 0 aromatic heterocycles. The Morgan fingerprint density at radius 1 is 1.08 bits per heavy atom. The minimum Gasteiger partial charge on any atom is -0.376 e. The summed E-state index contributed by atoms with van der Waals surface area (Å²) in [5.74, 6) is -0.778. The zero-order valence-electron chi connectivity index (χ0n) is 13.8. The molecule has 0 aliphatic heterocycles. The van der Waals surface area contributed by atoms with Crippen molar-refractivity contribution in [3.63, 3.8) is 0 Å². The van der Waals surface area contributed by atoms with Gasteiger partial charge in [0.05, 0.1) is 16.9 Å². The molecule has 0 fully saturated rings. The molecule has 0 saturated carbocycles. The quantitative estimate of drug-likeness (QED) is 0.803. The van der Waals surface area contributed by atoms with Crippen LogP contribution in [0.3, 0.4) is 0 Å². The standard InChI is InChI=1S/C18H18F4N2O/c1-24(2)16-9-6-13(18(20,21)22)11-15(16)23-17(25)10-5-12-3-7-14(19)8-4-12/h3-4,6-9,11H,5,10H2,1-2H3,(H,23,25). The molecule has 3 nitrogen and oxygen atoms in total. The summed E-state index contributed by atoms with van der Waals surface area (Å²) >= 11 is 0. The normalized spacial score (nSPS) is 11.3. The molecule has 0 aliphatic carbocycles. The van der Waals surface area contributed by atoms with Crippen LogP contribution in [0.2, 0.25) is 0 Å². The lowest BCUT2D eigenvalue weighted by atomic mass is 10.1. The number of hydrogen-bond donors (Lipinski definition) is 1. The highest BCUT2D eigenvalue weighted by atomic mass is 19.4. The smallest absolute Gasteiger partial charge is 0.376 e. The van der Waals surface area contributed by atoms with Crippen molar-refractivity contribution in [1.82, 2.24) is 0 Å². The maximum atomic E-state index is 12.9. The van der Waals surface area contributed by atoms with E-state index in [0.717, 1.165) is 17.7 Å². The lowest BCUT2D eigenvalue weighted by molar-refractivity contribution is -0.137. The highest BCUT2D eigenvalue weighted by Crippen LogP contribution is 2.35. The van der Waals surface area contributed by atoms with Crippen LogP contribution in [0.1, 0.15) is 17.5 Å². The van der Waals surface area contributed by atoms with Gasteiger partial charge in [-0.3, -0.25) is 4.79 Å². The molecule has 0 heterocycles. The fraction of sp³-hybridized carbons (Fsp3) is 0.278. The molecule has 0 atom stereocenters. The van der Waals surface area contributed by atoms with Gasteiger partial charge in [-0.2, -0.15) is 13.2 Å². The van der Waals surface area contributed by atoms with Crippen molar-refractivity contribution in [2.45, 2.75) is 19.0 Å². The van der Waals surface area contributed by atoms with Gasteiger partial charge in [0.2, 0.25) is 5.91 Å². The van der Waals surface area contributed by atoms with E-state index >= 15 is 0 Å². The molecule has 7 heteroatoms. The Kier molecular flexibility index (Phi) is 5.66. The maximum Gasteiger partial charge on any atom is 0.416 e. The molecule has 1 N–H and O–H groups in total. The first-order valence-electron chi connectivity index (χ1n) is 7.59. The summed E-state index contributed by atoms with van der Waals surface area (Å²) in [4.78, 5) is 13.7. The number of hydrogen-bond acceptors (Lipinski definition) is 2. The zero-order valence-corrected chi connectivity index (χ0v) is 13.8. The number of rotatable bonds is 5. The second-order valence-electron chi connectivity index (χ2n) is 5.80. The second-order valence-corrected chi connectivity index (χ2v) is 5.80. The highest BCUT2D eigenvalue weighted by molar-refractivity contribution is 5.94. The number of carbonyl (C=O) groups is 1. The number of benzene rings is 2. The Morgan fingerprint density at radius 3 is 2.28 bits per heavy atom. The van der Waals surface area contributed by atoms with E-state index in [1.54, 1.807) is 31.1 Å². The molecular weight excluding hydrogens is 336 g/mol. The van der Waals surface area contributed by atoms with E-state index in [9.17, 15) is 22.4 Å². The second kappa shape index (κ2) is 7.55. The van der Waals surface area contributed by atoms with Crippen LogP contribution >= 0.6 is 0 Å². The monoisotopic (exact) mass is 354 g/mol. The molecular formula is C18H18F4N2O. The van der Waals surface area contributed by atoms with Gasteiger partial charge >= 0.3 is 6.18 Å². The van der Waals surface area contributed by atoms with Crippen LogP contribution in [0.25, 0.3) is 0 Å². The van der Waals surface area contributed by atoms with Gasteiger partial charge in [-0.05, 0) is 42.3 Å². The van der Waals surface area contributed by atoms with Crippen molar-refractivity contribution in [1.29, 1.82) is 0 Å². The number of amides is 1. The van der Waals surface area contributed by atoms with Gasteiger partial charge in [-0.1, -0.05) is 12.1 Å². The summed E-state index contributed by atoms with van der Waals surface area (Å²) in [7, 11) is 3.35. The van der Waals surface area contributed by atoms with Crippen LogP contribution in [-0.4, -0.2) is 20.0 Å². The van der Waals surface area contributed by atoms with E-state index in [0.29, 0.717) is 12.1 Å². The third-order valence-electron chi connectivity index (χ3n) is 3.63. The van der Waals surface area contributed by atoms with E-state index in [1.165, 1.54) is 18.2 Å². The van der Waals surface area contributed by atoms with Crippen molar-refractivity contribution >= 4 is 17.3 Å². The Balaban J connectivity index is 2.11. The predicted octanol–water partition coefficient (Wildman–Crippen LogP) is 4.48. The Labute approximate surface area is 143 Å². The topological polar surface area (TPSA) is 32.3 Å². The van der Waals surface area contributed by atoms with E-state index in [4.69, 9.17) is 0 Å². The van der Waals surface area contributed by atoms with Gasteiger partial charge in [-0.25, -0.2) is 4.39 Å². The number of anilines is 2. The minimum absolute atomic E-state index is 0.0781. The van der Waals surface area contributed by atoms with Gasteiger partial charge in [-0.15, -0.1) is 0 Å². The van der Waals surface area contributed by atoms with Crippen LogP contribution in [-0.2, 0) is 17.4 Å². The fourth-order valence-corrected chi connectivity index (χ4v) is 2.32. The highest BCUT2D eigenvalue weighted by Gasteiger charge is 2.31. The lowest BCUT2D eigenvalue weighted by Crippen LogP contribution is -2.18. The maximum absolute atomic E-state index is 12.9. The van der Waals surface area contributed by atoms with Crippen molar-refractivity contribution in [3.05, 3.63) is 59.4 Å². The Bertz CT molecular complexity index is 740. The minimum atomic E-state index is -4.49.